The van der Waals surface area contributed by atoms with Crippen molar-refractivity contribution in [3.8, 4) is 0 Å². The zero-order chi connectivity index (χ0) is 11.6. The number of amides is 2. The van der Waals surface area contributed by atoms with Crippen molar-refractivity contribution < 1.29 is 9.53 Å². The highest BCUT2D eigenvalue weighted by Gasteiger charge is 2.15. The largest absolute Gasteiger partial charge is 0.382 e. The number of nitrogens with one attached hydrogen (secondary N) is 2. The van der Waals surface area contributed by atoms with Gasteiger partial charge >= 0.3 is 6.03 Å². The van der Waals surface area contributed by atoms with E-state index in [4.69, 9.17) is 4.74 Å². The Bertz CT molecular complexity index is 191. The second-order valence-corrected chi connectivity index (χ2v) is 4.34. The Balaban J connectivity index is 1.90. The summed E-state index contributed by atoms with van der Waals surface area (Å²) in [6.07, 6.45) is 6.06. The number of ether oxygens (including phenoxy) is 1. The number of hydrogen-bond donors (Lipinski definition) is 2. The van der Waals surface area contributed by atoms with Gasteiger partial charge in [-0.05, 0) is 32.1 Å². The zero-order valence-electron chi connectivity index (χ0n) is 10.3. The van der Waals surface area contributed by atoms with Crippen molar-refractivity contribution in [2.45, 2.75) is 39.0 Å². The van der Waals surface area contributed by atoms with Gasteiger partial charge in [-0.1, -0.05) is 12.8 Å². The Hall–Kier alpha value is -0.770. The van der Waals surface area contributed by atoms with Gasteiger partial charge in [0.25, 0.3) is 0 Å². The molecule has 0 spiro atoms. The van der Waals surface area contributed by atoms with E-state index in [1.54, 1.807) is 0 Å². The van der Waals surface area contributed by atoms with Gasteiger partial charge in [0.05, 0.1) is 0 Å². The topological polar surface area (TPSA) is 50.4 Å². The summed E-state index contributed by atoms with van der Waals surface area (Å²) in [4.78, 5) is 11.4. The Morgan fingerprint density at radius 2 is 2.06 bits per heavy atom. The molecule has 0 aromatic rings. The highest BCUT2D eigenvalue weighted by atomic mass is 16.5. The standard InChI is InChI=1S/C12H24N2O2/c1-2-16-9-5-8-13-12(15)14-10-11-6-3-4-7-11/h11H,2-10H2,1H3,(H2,13,14,15). The zero-order valence-corrected chi connectivity index (χ0v) is 10.3. The summed E-state index contributed by atoms with van der Waals surface area (Å²) < 4.78 is 5.18. The smallest absolute Gasteiger partial charge is 0.314 e. The van der Waals surface area contributed by atoms with Gasteiger partial charge in [0, 0.05) is 26.3 Å². The van der Waals surface area contributed by atoms with E-state index < -0.39 is 0 Å². The molecule has 4 nitrogen and oxygen atoms in total. The average molecular weight is 228 g/mol. The molecule has 1 rings (SSSR count). The molecule has 1 fully saturated rings. The molecule has 0 aromatic heterocycles. The quantitative estimate of drug-likeness (QED) is 0.654. The van der Waals surface area contributed by atoms with E-state index >= 15 is 0 Å². The monoisotopic (exact) mass is 228 g/mol. The molecule has 1 saturated carbocycles. The SMILES string of the molecule is CCOCCCNC(=O)NCC1CCCC1. The van der Waals surface area contributed by atoms with E-state index in [2.05, 4.69) is 10.6 Å². The van der Waals surface area contributed by atoms with Crippen molar-refractivity contribution in [3.63, 3.8) is 0 Å². The molecule has 0 saturated heterocycles. The van der Waals surface area contributed by atoms with Gasteiger partial charge in [-0.3, -0.25) is 0 Å². The number of carbonyl (C=O) groups is 1. The molecule has 16 heavy (non-hydrogen) atoms. The fourth-order valence-corrected chi connectivity index (χ4v) is 2.03. The Labute approximate surface area is 98.1 Å². The van der Waals surface area contributed by atoms with Crippen molar-refractivity contribution in [2.24, 2.45) is 5.92 Å². The highest BCUT2D eigenvalue weighted by Crippen LogP contribution is 2.23. The molecule has 0 aliphatic heterocycles. The van der Waals surface area contributed by atoms with Crippen molar-refractivity contribution in [1.82, 2.24) is 10.6 Å². The first-order chi connectivity index (χ1) is 7.83. The summed E-state index contributed by atoms with van der Waals surface area (Å²) in [6.45, 7) is 4.96. The number of urea groups is 1. The third-order valence-electron chi connectivity index (χ3n) is 2.98. The minimum absolute atomic E-state index is 0.0385. The summed E-state index contributed by atoms with van der Waals surface area (Å²) in [6, 6.07) is -0.0385. The first kappa shape index (κ1) is 13.3. The maximum atomic E-state index is 11.4. The number of rotatable bonds is 7. The van der Waals surface area contributed by atoms with Crippen molar-refractivity contribution in [3.05, 3.63) is 0 Å². The second kappa shape index (κ2) is 8.39. The van der Waals surface area contributed by atoms with E-state index in [0.29, 0.717) is 12.5 Å². The molecule has 4 heteroatoms. The van der Waals surface area contributed by atoms with Crippen molar-refractivity contribution >= 4 is 6.03 Å². The van der Waals surface area contributed by atoms with Crippen LogP contribution in [0.1, 0.15) is 39.0 Å². The Morgan fingerprint density at radius 1 is 1.31 bits per heavy atom. The molecule has 2 N–H and O–H groups in total. The second-order valence-electron chi connectivity index (χ2n) is 4.34. The summed E-state index contributed by atoms with van der Waals surface area (Å²) >= 11 is 0. The van der Waals surface area contributed by atoms with Crippen LogP contribution in [0.15, 0.2) is 0 Å². The summed E-state index contributed by atoms with van der Waals surface area (Å²) in [5.41, 5.74) is 0. The molecule has 0 atom stereocenters. The molecule has 1 aliphatic carbocycles. The average Bonchev–Trinajstić information content (AvgIpc) is 2.79. The highest BCUT2D eigenvalue weighted by molar-refractivity contribution is 5.73. The molecule has 2 amide bonds. The lowest BCUT2D eigenvalue weighted by Crippen LogP contribution is -2.38. The van der Waals surface area contributed by atoms with Crippen molar-refractivity contribution in [1.29, 1.82) is 0 Å². The molecule has 1 aliphatic rings. The van der Waals surface area contributed by atoms with Crippen LogP contribution in [0.2, 0.25) is 0 Å². The van der Waals surface area contributed by atoms with Crippen LogP contribution in [0.5, 0.6) is 0 Å². The predicted octanol–water partition coefficient (Wildman–Crippen LogP) is 1.90. The predicted molar refractivity (Wildman–Crippen MR) is 64.5 cm³/mol. The minimum atomic E-state index is -0.0385. The van der Waals surface area contributed by atoms with Gasteiger partial charge in [-0.15, -0.1) is 0 Å². The minimum Gasteiger partial charge on any atom is -0.382 e. The van der Waals surface area contributed by atoms with Gasteiger partial charge in [-0.25, -0.2) is 4.79 Å². The molecule has 0 aromatic carbocycles. The van der Waals surface area contributed by atoms with Gasteiger partial charge in [0.2, 0.25) is 0 Å². The van der Waals surface area contributed by atoms with Crippen LogP contribution in [-0.2, 0) is 4.74 Å². The van der Waals surface area contributed by atoms with Crippen LogP contribution in [0.4, 0.5) is 4.79 Å². The van der Waals surface area contributed by atoms with Crippen LogP contribution in [0, 0.1) is 5.92 Å². The fraction of sp³-hybridized carbons (Fsp3) is 0.917. The van der Waals surface area contributed by atoms with Crippen LogP contribution >= 0.6 is 0 Å². The third-order valence-corrected chi connectivity index (χ3v) is 2.98. The van der Waals surface area contributed by atoms with Gasteiger partial charge < -0.3 is 15.4 Å². The molecule has 0 bridgehead atoms. The van der Waals surface area contributed by atoms with Crippen LogP contribution < -0.4 is 10.6 Å². The maximum absolute atomic E-state index is 11.4. The lowest BCUT2D eigenvalue weighted by molar-refractivity contribution is 0.145. The molecule has 0 radical (unpaired) electrons. The maximum Gasteiger partial charge on any atom is 0.314 e. The normalized spacial score (nSPS) is 16.3. The van der Waals surface area contributed by atoms with Crippen LogP contribution in [0.3, 0.4) is 0 Å². The Morgan fingerprint density at radius 3 is 2.75 bits per heavy atom. The first-order valence-corrected chi connectivity index (χ1v) is 6.42. The third kappa shape index (κ3) is 5.95. The lowest BCUT2D eigenvalue weighted by atomic mass is 10.1. The van der Waals surface area contributed by atoms with Gasteiger partial charge in [0.15, 0.2) is 0 Å². The summed E-state index contributed by atoms with van der Waals surface area (Å²) in [7, 11) is 0. The van der Waals surface area contributed by atoms with Gasteiger partial charge in [0.1, 0.15) is 0 Å². The first-order valence-electron chi connectivity index (χ1n) is 6.42. The molecular formula is C12H24N2O2. The van der Waals surface area contributed by atoms with Crippen LogP contribution in [0.25, 0.3) is 0 Å². The van der Waals surface area contributed by atoms with Gasteiger partial charge in [-0.2, -0.15) is 0 Å². The molecule has 0 heterocycles. The molecule has 0 unspecified atom stereocenters. The number of hydrogen-bond acceptors (Lipinski definition) is 2. The summed E-state index contributed by atoms with van der Waals surface area (Å²) in [5, 5.41) is 5.76. The van der Waals surface area contributed by atoms with E-state index in [0.717, 1.165) is 26.2 Å². The van der Waals surface area contributed by atoms with E-state index in [9.17, 15) is 4.79 Å². The molecule has 94 valence electrons. The lowest BCUT2D eigenvalue weighted by Gasteiger charge is -2.11. The van der Waals surface area contributed by atoms with Crippen molar-refractivity contribution in [2.75, 3.05) is 26.3 Å². The molecular weight excluding hydrogens is 204 g/mol. The van der Waals surface area contributed by atoms with E-state index in [-0.39, 0.29) is 6.03 Å². The van der Waals surface area contributed by atoms with E-state index in [1.165, 1.54) is 25.7 Å². The number of carbonyl (C=O) groups excluding carboxylic acids is 1. The summed E-state index contributed by atoms with van der Waals surface area (Å²) in [5.74, 6) is 0.703. The van der Waals surface area contributed by atoms with Crippen LogP contribution in [-0.4, -0.2) is 32.3 Å². The Kier molecular flexibility index (Phi) is 6.97. The van der Waals surface area contributed by atoms with E-state index in [1.807, 2.05) is 6.92 Å². The fourth-order valence-electron chi connectivity index (χ4n) is 2.03.